The van der Waals surface area contributed by atoms with Crippen molar-refractivity contribution in [2.24, 2.45) is 11.8 Å². The highest BCUT2D eigenvalue weighted by Gasteiger charge is 2.28. The molecular formula is C17H24N6O. The Bertz CT molecular complexity index is 738. The molecule has 1 atom stereocenters. The third-order valence-corrected chi connectivity index (χ3v) is 5.01. The van der Waals surface area contributed by atoms with Crippen LogP contribution >= 0.6 is 0 Å². The molecule has 2 aromatic heterocycles. The van der Waals surface area contributed by atoms with Gasteiger partial charge in [0, 0.05) is 26.1 Å². The molecule has 7 heteroatoms. The van der Waals surface area contributed by atoms with Crippen molar-refractivity contribution in [2.45, 2.75) is 39.0 Å². The van der Waals surface area contributed by atoms with E-state index in [1.165, 1.54) is 12.8 Å². The van der Waals surface area contributed by atoms with Crippen molar-refractivity contribution >= 4 is 17.4 Å². The Labute approximate surface area is 141 Å². The molecule has 24 heavy (non-hydrogen) atoms. The number of piperidine rings is 1. The number of rotatable bonds is 5. The molecule has 1 amide bonds. The minimum Gasteiger partial charge on any atom is -0.356 e. The summed E-state index contributed by atoms with van der Waals surface area (Å²) in [4.78, 5) is 14.6. The molecule has 1 saturated carbocycles. The smallest absolute Gasteiger partial charge is 0.224 e. The van der Waals surface area contributed by atoms with Crippen LogP contribution in [0.25, 0.3) is 5.65 Å². The summed E-state index contributed by atoms with van der Waals surface area (Å²) in [5.41, 5.74) is 0.770. The normalized spacial score (nSPS) is 21.2. The van der Waals surface area contributed by atoms with E-state index in [2.05, 4.69) is 20.4 Å². The fourth-order valence-electron chi connectivity index (χ4n) is 3.32. The van der Waals surface area contributed by atoms with Gasteiger partial charge in [0.25, 0.3) is 0 Å². The number of nitrogens with one attached hydrogen (secondary N) is 1. The Balaban J connectivity index is 1.47. The van der Waals surface area contributed by atoms with Crippen LogP contribution in [0.1, 0.15) is 38.4 Å². The Morgan fingerprint density at radius 3 is 2.96 bits per heavy atom. The van der Waals surface area contributed by atoms with Crippen molar-refractivity contribution in [2.75, 3.05) is 24.5 Å². The summed E-state index contributed by atoms with van der Waals surface area (Å²) in [6, 6.07) is 3.93. The van der Waals surface area contributed by atoms with Gasteiger partial charge in [0.05, 0.1) is 5.92 Å². The Kier molecular flexibility index (Phi) is 4.08. The van der Waals surface area contributed by atoms with E-state index < -0.39 is 0 Å². The van der Waals surface area contributed by atoms with Crippen molar-refractivity contribution in [3.05, 3.63) is 18.0 Å². The summed E-state index contributed by atoms with van der Waals surface area (Å²) in [6.45, 7) is 4.57. The van der Waals surface area contributed by atoms with Gasteiger partial charge in [-0.15, -0.1) is 15.3 Å². The molecule has 1 aliphatic heterocycles. The van der Waals surface area contributed by atoms with Crippen molar-refractivity contribution in [1.82, 2.24) is 25.1 Å². The maximum absolute atomic E-state index is 12.4. The Morgan fingerprint density at radius 1 is 1.29 bits per heavy atom. The van der Waals surface area contributed by atoms with Gasteiger partial charge in [-0.25, -0.2) is 0 Å². The van der Waals surface area contributed by atoms with Crippen LogP contribution < -0.4 is 10.2 Å². The summed E-state index contributed by atoms with van der Waals surface area (Å²) in [5, 5.41) is 16.1. The van der Waals surface area contributed by atoms with Crippen molar-refractivity contribution in [1.29, 1.82) is 0 Å². The lowest BCUT2D eigenvalue weighted by atomic mass is 9.97. The summed E-state index contributed by atoms with van der Waals surface area (Å²) in [7, 11) is 0. The monoisotopic (exact) mass is 328 g/mol. The summed E-state index contributed by atoms with van der Waals surface area (Å²) in [5.74, 6) is 2.74. The molecule has 2 aromatic rings. The van der Waals surface area contributed by atoms with Crippen LogP contribution in [-0.2, 0) is 11.2 Å². The van der Waals surface area contributed by atoms with Crippen LogP contribution in [0.4, 0.5) is 5.82 Å². The van der Waals surface area contributed by atoms with Crippen LogP contribution in [0.3, 0.4) is 0 Å². The van der Waals surface area contributed by atoms with Crippen molar-refractivity contribution < 1.29 is 4.79 Å². The number of carbonyl (C=O) groups is 1. The van der Waals surface area contributed by atoms with Gasteiger partial charge in [-0.2, -0.15) is 4.52 Å². The molecule has 3 heterocycles. The summed E-state index contributed by atoms with van der Waals surface area (Å²) < 4.78 is 1.81. The fraction of sp³-hybridized carbons (Fsp3) is 0.647. The third kappa shape index (κ3) is 3.07. The lowest BCUT2D eigenvalue weighted by Gasteiger charge is -2.32. The molecule has 2 fully saturated rings. The average Bonchev–Trinajstić information content (AvgIpc) is 3.37. The first-order chi connectivity index (χ1) is 11.7. The lowest BCUT2D eigenvalue weighted by Crippen LogP contribution is -2.44. The average molecular weight is 328 g/mol. The van der Waals surface area contributed by atoms with Gasteiger partial charge in [-0.05, 0) is 43.7 Å². The first kappa shape index (κ1) is 15.4. The molecule has 0 unspecified atom stereocenters. The third-order valence-electron chi connectivity index (χ3n) is 5.01. The molecule has 0 radical (unpaired) electrons. The number of fused-ring (bicyclic) bond motifs is 1. The maximum Gasteiger partial charge on any atom is 0.224 e. The number of hydrogen-bond acceptors (Lipinski definition) is 5. The molecule has 1 aliphatic carbocycles. The van der Waals surface area contributed by atoms with Gasteiger partial charge in [0.15, 0.2) is 11.5 Å². The number of aryl methyl sites for hydroxylation is 1. The van der Waals surface area contributed by atoms with Gasteiger partial charge < -0.3 is 10.2 Å². The second-order valence-corrected chi connectivity index (χ2v) is 6.91. The maximum atomic E-state index is 12.4. The van der Waals surface area contributed by atoms with E-state index in [9.17, 15) is 4.79 Å². The zero-order chi connectivity index (χ0) is 16.5. The van der Waals surface area contributed by atoms with Crippen LogP contribution in [0, 0.1) is 11.8 Å². The van der Waals surface area contributed by atoms with E-state index in [-0.39, 0.29) is 11.8 Å². The number of hydrogen-bond donors (Lipinski definition) is 1. The van der Waals surface area contributed by atoms with E-state index >= 15 is 0 Å². The highest BCUT2D eigenvalue weighted by Crippen LogP contribution is 2.28. The van der Waals surface area contributed by atoms with Crippen LogP contribution in [0.2, 0.25) is 0 Å². The Morgan fingerprint density at radius 2 is 2.17 bits per heavy atom. The molecule has 0 spiro atoms. The quantitative estimate of drug-likeness (QED) is 0.898. The molecule has 4 rings (SSSR count). The van der Waals surface area contributed by atoms with Crippen molar-refractivity contribution in [3.63, 3.8) is 0 Å². The molecular weight excluding hydrogens is 304 g/mol. The van der Waals surface area contributed by atoms with E-state index in [0.29, 0.717) is 0 Å². The predicted molar refractivity (Wildman–Crippen MR) is 90.8 cm³/mol. The van der Waals surface area contributed by atoms with Crippen LogP contribution in [0.15, 0.2) is 12.1 Å². The van der Waals surface area contributed by atoms with Gasteiger partial charge in [0.1, 0.15) is 5.82 Å². The molecule has 1 N–H and O–H groups in total. The highest BCUT2D eigenvalue weighted by molar-refractivity contribution is 5.79. The summed E-state index contributed by atoms with van der Waals surface area (Å²) >= 11 is 0. The zero-order valence-electron chi connectivity index (χ0n) is 14.1. The van der Waals surface area contributed by atoms with Gasteiger partial charge in [-0.1, -0.05) is 6.92 Å². The molecule has 0 bridgehead atoms. The van der Waals surface area contributed by atoms with Gasteiger partial charge in [0.2, 0.25) is 5.91 Å². The van der Waals surface area contributed by atoms with Crippen molar-refractivity contribution in [3.8, 4) is 0 Å². The highest BCUT2D eigenvalue weighted by atomic mass is 16.1. The van der Waals surface area contributed by atoms with E-state index in [4.69, 9.17) is 5.10 Å². The van der Waals surface area contributed by atoms with E-state index in [0.717, 1.165) is 62.1 Å². The minimum absolute atomic E-state index is 0.0570. The van der Waals surface area contributed by atoms with Gasteiger partial charge in [-0.3, -0.25) is 4.79 Å². The first-order valence-electron chi connectivity index (χ1n) is 8.98. The minimum atomic E-state index is 0.0570. The second-order valence-electron chi connectivity index (χ2n) is 6.91. The molecule has 2 aliphatic rings. The predicted octanol–water partition coefficient (Wildman–Crippen LogP) is 1.43. The SMILES string of the molecule is CCc1nnc2ccc(N3CCC[C@@H](C(=O)NCC4CC4)C3)nn12. The van der Waals surface area contributed by atoms with Crippen LogP contribution in [-0.4, -0.2) is 45.4 Å². The second kappa shape index (κ2) is 6.37. The molecule has 1 saturated heterocycles. The number of aromatic nitrogens is 4. The largest absolute Gasteiger partial charge is 0.356 e. The first-order valence-corrected chi connectivity index (χ1v) is 8.98. The number of anilines is 1. The molecule has 7 nitrogen and oxygen atoms in total. The van der Waals surface area contributed by atoms with E-state index in [1.54, 1.807) is 0 Å². The lowest BCUT2D eigenvalue weighted by molar-refractivity contribution is -0.125. The van der Waals surface area contributed by atoms with Crippen LogP contribution in [0.5, 0.6) is 0 Å². The molecule has 0 aromatic carbocycles. The standard InChI is InChI=1S/C17H24N6O/c1-2-14-19-20-15-7-8-16(21-23(14)15)22-9-3-4-13(11-22)17(24)18-10-12-5-6-12/h7-8,12-13H,2-6,9-11H2,1H3,(H,18,24)/t13-/m1/s1. The zero-order valence-corrected chi connectivity index (χ0v) is 14.1. The number of amides is 1. The molecule has 128 valence electrons. The number of nitrogens with zero attached hydrogens (tertiary/aromatic N) is 5. The number of carbonyl (C=O) groups excluding carboxylic acids is 1. The Hall–Kier alpha value is -2.18. The fourth-order valence-corrected chi connectivity index (χ4v) is 3.32. The van der Waals surface area contributed by atoms with E-state index in [1.807, 2.05) is 23.6 Å². The summed E-state index contributed by atoms with van der Waals surface area (Å²) in [6.07, 6.45) is 5.30. The topological polar surface area (TPSA) is 75.4 Å². The van der Waals surface area contributed by atoms with Gasteiger partial charge >= 0.3 is 0 Å².